The van der Waals surface area contributed by atoms with Crippen LogP contribution in [-0.4, -0.2) is 28.1 Å². The minimum atomic E-state index is -1.21. The molecule has 0 spiro atoms. The Morgan fingerprint density at radius 2 is 1.72 bits per heavy atom. The molecule has 18 heavy (non-hydrogen) atoms. The maximum absolute atomic E-state index is 10.6. The molecule has 1 aromatic rings. The van der Waals surface area contributed by atoms with Gasteiger partial charge in [-0.2, -0.15) is 0 Å². The molecule has 0 saturated carbocycles. The van der Waals surface area contributed by atoms with E-state index in [4.69, 9.17) is 15.0 Å². The van der Waals surface area contributed by atoms with Crippen LogP contribution in [0, 0.1) is 0 Å². The predicted octanol–water partition coefficient (Wildman–Crippen LogP) is -0.195. The number of carboxylic acids is 2. The Morgan fingerprint density at radius 3 is 2.06 bits per heavy atom. The van der Waals surface area contributed by atoms with Crippen LogP contribution in [0.25, 0.3) is 0 Å². The molecule has 0 aromatic heterocycles. The molecular weight excluding hydrogens is 242 g/mol. The van der Waals surface area contributed by atoms with Crippen LogP contribution >= 0.6 is 0 Å². The first-order chi connectivity index (χ1) is 8.23. The number of benzene rings is 1. The Kier molecular flexibility index (Phi) is 5.91. The number of carbonyl (C=O) groups is 3. The van der Waals surface area contributed by atoms with Gasteiger partial charge >= 0.3 is 5.97 Å². The number of carbonyl (C=O) groups excluding carboxylic acids is 2. The van der Waals surface area contributed by atoms with E-state index in [1.54, 1.807) is 0 Å². The molecule has 1 rings (SSSR count). The van der Waals surface area contributed by atoms with Gasteiger partial charge in [0.15, 0.2) is 0 Å². The van der Waals surface area contributed by atoms with Crippen molar-refractivity contribution in [3.8, 4) is 5.75 Å². The molecule has 0 aliphatic rings. The van der Waals surface area contributed by atoms with Crippen molar-refractivity contribution < 1.29 is 29.7 Å². The van der Waals surface area contributed by atoms with Gasteiger partial charge in [-0.25, -0.2) is 4.79 Å². The minimum Gasteiger partial charge on any atom is -0.550 e. The minimum absolute atomic E-state index is 0.195. The summed E-state index contributed by atoms with van der Waals surface area (Å²) in [5.41, 5.74) is 0.166. The molecule has 0 atom stereocenters. The van der Waals surface area contributed by atoms with Gasteiger partial charge in [0.2, 0.25) is 5.91 Å². The molecule has 0 bridgehead atoms. The molecule has 7 heteroatoms. The average Bonchev–Trinajstić information content (AvgIpc) is 2.14. The van der Waals surface area contributed by atoms with Gasteiger partial charge in [0.1, 0.15) is 11.3 Å². The van der Waals surface area contributed by atoms with Crippen molar-refractivity contribution in [3.05, 3.63) is 23.8 Å². The van der Waals surface area contributed by atoms with Gasteiger partial charge < -0.3 is 25.4 Å². The summed E-state index contributed by atoms with van der Waals surface area (Å²) in [7, 11) is 0. The van der Waals surface area contributed by atoms with Crippen molar-refractivity contribution >= 4 is 23.5 Å². The average molecular weight is 254 g/mol. The number of phenols is 1. The standard InChI is InChI=1S/C9H9NO4.C2H4O2/c1-5(11)10-6-2-3-7(9(13)14)8(12)4-6;1-2(3)4/h2-4,12H,1H3,(H,10,11)(H,13,14);1H3,(H,3,4)/p-1. The highest BCUT2D eigenvalue weighted by Gasteiger charge is 2.09. The van der Waals surface area contributed by atoms with E-state index in [0.29, 0.717) is 5.69 Å². The highest BCUT2D eigenvalue weighted by Crippen LogP contribution is 2.21. The molecule has 7 nitrogen and oxygen atoms in total. The summed E-state index contributed by atoms with van der Waals surface area (Å²) in [5, 5.41) is 29.1. The maximum atomic E-state index is 10.6. The van der Waals surface area contributed by atoms with Crippen molar-refractivity contribution in [2.24, 2.45) is 0 Å². The summed E-state index contributed by atoms with van der Waals surface area (Å²) >= 11 is 0. The number of carboxylic acid groups (broad SMARTS) is 2. The highest BCUT2D eigenvalue weighted by molar-refractivity contribution is 5.93. The molecule has 1 amide bonds. The van der Waals surface area contributed by atoms with Gasteiger partial charge in [-0.3, -0.25) is 4.79 Å². The number of aromatic carboxylic acids is 1. The first-order valence-electron chi connectivity index (χ1n) is 4.75. The Morgan fingerprint density at radius 1 is 1.22 bits per heavy atom. The molecule has 0 fully saturated rings. The molecule has 0 unspecified atom stereocenters. The zero-order valence-corrected chi connectivity index (χ0v) is 9.76. The van der Waals surface area contributed by atoms with E-state index < -0.39 is 11.9 Å². The summed E-state index contributed by atoms with van der Waals surface area (Å²) in [5.74, 6) is -2.95. The predicted molar refractivity (Wildman–Crippen MR) is 60.1 cm³/mol. The van der Waals surface area contributed by atoms with E-state index in [1.807, 2.05) is 0 Å². The van der Waals surface area contributed by atoms with E-state index in [2.05, 4.69) is 5.32 Å². The zero-order valence-electron chi connectivity index (χ0n) is 9.76. The van der Waals surface area contributed by atoms with Crippen LogP contribution in [0.3, 0.4) is 0 Å². The van der Waals surface area contributed by atoms with Crippen LogP contribution in [-0.2, 0) is 9.59 Å². The van der Waals surface area contributed by atoms with Gasteiger partial charge in [-0.15, -0.1) is 0 Å². The fourth-order valence-corrected chi connectivity index (χ4v) is 0.994. The van der Waals surface area contributed by atoms with Crippen LogP contribution in [0.1, 0.15) is 24.2 Å². The summed E-state index contributed by atoms with van der Waals surface area (Å²) < 4.78 is 0. The van der Waals surface area contributed by atoms with Crippen molar-refractivity contribution in [2.75, 3.05) is 5.32 Å². The summed E-state index contributed by atoms with van der Waals surface area (Å²) in [4.78, 5) is 30.0. The molecular formula is C11H12NO6-. The molecule has 1 aromatic carbocycles. The lowest BCUT2D eigenvalue weighted by Gasteiger charge is -2.04. The van der Waals surface area contributed by atoms with Crippen LogP contribution in [0.15, 0.2) is 18.2 Å². The fraction of sp³-hybridized carbons (Fsp3) is 0.182. The number of rotatable bonds is 2. The Hall–Kier alpha value is -2.57. The summed E-state index contributed by atoms with van der Waals surface area (Å²) in [6, 6.07) is 3.82. The lowest BCUT2D eigenvalue weighted by atomic mass is 10.2. The van der Waals surface area contributed by atoms with Crippen molar-refractivity contribution in [1.82, 2.24) is 0 Å². The number of aromatic hydroxyl groups is 1. The van der Waals surface area contributed by atoms with Crippen LogP contribution in [0.5, 0.6) is 5.75 Å². The topological polar surface area (TPSA) is 127 Å². The van der Waals surface area contributed by atoms with Crippen LogP contribution in [0.2, 0.25) is 0 Å². The molecule has 3 N–H and O–H groups in total. The largest absolute Gasteiger partial charge is 0.550 e. The van der Waals surface area contributed by atoms with E-state index in [9.17, 15) is 14.7 Å². The van der Waals surface area contributed by atoms with Crippen LogP contribution in [0.4, 0.5) is 5.69 Å². The Bertz CT molecular complexity index is 465. The van der Waals surface area contributed by atoms with E-state index in [1.165, 1.54) is 25.1 Å². The summed E-state index contributed by atoms with van der Waals surface area (Å²) in [6.07, 6.45) is 0. The number of hydrogen-bond acceptors (Lipinski definition) is 5. The molecule has 0 saturated heterocycles. The van der Waals surface area contributed by atoms with Crippen molar-refractivity contribution in [2.45, 2.75) is 13.8 Å². The highest BCUT2D eigenvalue weighted by atomic mass is 16.4. The van der Waals surface area contributed by atoms with E-state index in [-0.39, 0.29) is 17.2 Å². The number of aliphatic carboxylic acids is 1. The second-order valence-electron chi connectivity index (χ2n) is 3.21. The third-order valence-electron chi connectivity index (χ3n) is 1.55. The monoisotopic (exact) mass is 254 g/mol. The Balaban J connectivity index is 0.000000631. The van der Waals surface area contributed by atoms with Gasteiger partial charge in [-0.1, -0.05) is 0 Å². The SMILES string of the molecule is CC(=O)Nc1ccc(C(=O)O)c(O)c1.CC(=O)[O-]. The second kappa shape index (κ2) is 6.89. The van der Waals surface area contributed by atoms with Crippen molar-refractivity contribution in [3.63, 3.8) is 0 Å². The number of amides is 1. The van der Waals surface area contributed by atoms with Crippen LogP contribution < -0.4 is 10.4 Å². The summed E-state index contributed by atoms with van der Waals surface area (Å²) in [6.45, 7) is 2.29. The van der Waals surface area contributed by atoms with Gasteiger partial charge in [0, 0.05) is 24.6 Å². The number of nitrogens with one attached hydrogen (secondary N) is 1. The molecule has 0 aliphatic heterocycles. The smallest absolute Gasteiger partial charge is 0.339 e. The Labute approximate surface area is 103 Å². The van der Waals surface area contributed by atoms with E-state index >= 15 is 0 Å². The number of hydrogen-bond donors (Lipinski definition) is 3. The molecule has 0 heterocycles. The lowest BCUT2D eigenvalue weighted by molar-refractivity contribution is -0.302. The normalized spacial score (nSPS) is 8.78. The molecule has 0 aliphatic carbocycles. The first kappa shape index (κ1) is 15.4. The number of anilines is 1. The third-order valence-corrected chi connectivity index (χ3v) is 1.55. The second-order valence-corrected chi connectivity index (χ2v) is 3.21. The third kappa shape index (κ3) is 6.11. The molecule has 98 valence electrons. The van der Waals surface area contributed by atoms with Gasteiger partial charge in [-0.05, 0) is 19.1 Å². The fourth-order valence-electron chi connectivity index (χ4n) is 0.994. The lowest BCUT2D eigenvalue weighted by Crippen LogP contribution is -2.16. The zero-order chi connectivity index (χ0) is 14.3. The van der Waals surface area contributed by atoms with Gasteiger partial charge in [0.05, 0.1) is 0 Å². The first-order valence-corrected chi connectivity index (χ1v) is 4.75. The van der Waals surface area contributed by atoms with Crippen molar-refractivity contribution in [1.29, 1.82) is 0 Å². The maximum Gasteiger partial charge on any atom is 0.339 e. The molecule has 0 radical (unpaired) electrons. The van der Waals surface area contributed by atoms with E-state index in [0.717, 1.165) is 6.92 Å². The van der Waals surface area contributed by atoms with Gasteiger partial charge in [0.25, 0.3) is 0 Å². The quantitative estimate of drug-likeness (QED) is 0.671.